The van der Waals surface area contributed by atoms with Gasteiger partial charge in [0.15, 0.2) is 5.16 Å². The van der Waals surface area contributed by atoms with Gasteiger partial charge in [0.2, 0.25) is 11.8 Å². The molecule has 3 N–H and O–H groups in total. The van der Waals surface area contributed by atoms with Gasteiger partial charge in [0, 0.05) is 30.5 Å². The number of nitrogens with one attached hydrogen (secondary N) is 3. The summed E-state index contributed by atoms with van der Waals surface area (Å²) in [5, 5.41) is 6.01. The first-order chi connectivity index (χ1) is 14.2. The van der Waals surface area contributed by atoms with Gasteiger partial charge >= 0.3 is 0 Å². The summed E-state index contributed by atoms with van der Waals surface area (Å²) < 4.78 is 1.62. The quantitative estimate of drug-likeness (QED) is 0.396. The largest absolute Gasteiger partial charge is 0.353 e. The van der Waals surface area contributed by atoms with Gasteiger partial charge in [0.1, 0.15) is 5.52 Å². The molecule has 3 aromatic rings. The average molecular weight is 428 g/mol. The van der Waals surface area contributed by atoms with Crippen LogP contribution < -0.4 is 16.2 Å². The molecule has 9 heteroatoms. The second-order valence-corrected chi connectivity index (χ2v) is 8.46. The van der Waals surface area contributed by atoms with Gasteiger partial charge in [-0.15, -0.1) is 0 Å². The normalized spacial score (nSPS) is 11.1. The van der Waals surface area contributed by atoms with Gasteiger partial charge in [-0.1, -0.05) is 31.7 Å². The second kappa shape index (κ2) is 9.17. The minimum absolute atomic E-state index is 0.101. The predicted octanol–water partition coefficient (Wildman–Crippen LogP) is 3.38. The van der Waals surface area contributed by atoms with Crippen molar-refractivity contribution < 1.29 is 9.59 Å². The van der Waals surface area contributed by atoms with Gasteiger partial charge in [-0.05, 0) is 37.1 Å². The van der Waals surface area contributed by atoms with Crippen molar-refractivity contribution in [2.45, 2.75) is 39.4 Å². The molecule has 2 amide bonds. The molecule has 0 atom stereocenters. The zero-order valence-corrected chi connectivity index (χ0v) is 18.2. The highest BCUT2D eigenvalue weighted by Gasteiger charge is 2.16. The molecule has 2 heterocycles. The van der Waals surface area contributed by atoms with E-state index >= 15 is 0 Å². The standard InChI is InChI=1S/C21H25N5O3S/c1-12(2)10-26-20(29)19-17(8-13(3)22-19)25-21(26)30-11-18(28)24-16-7-5-6-15(9-16)23-14(4)27/h5-9,12,22H,10-11H2,1-4H3,(H,23,27)(H,24,28). The summed E-state index contributed by atoms with van der Waals surface area (Å²) in [5.41, 5.74) is 3.00. The molecule has 0 aliphatic rings. The average Bonchev–Trinajstić information content (AvgIpc) is 3.03. The summed E-state index contributed by atoms with van der Waals surface area (Å²) in [5.74, 6) is -0.0546. The number of hydrogen-bond acceptors (Lipinski definition) is 5. The van der Waals surface area contributed by atoms with E-state index in [1.807, 2.05) is 26.8 Å². The number of H-pyrrole nitrogens is 1. The van der Waals surface area contributed by atoms with Crippen LogP contribution in [0.4, 0.5) is 11.4 Å². The summed E-state index contributed by atoms with van der Waals surface area (Å²) in [6, 6.07) is 8.75. The first-order valence-electron chi connectivity index (χ1n) is 9.63. The van der Waals surface area contributed by atoms with Crippen LogP contribution in [0.25, 0.3) is 11.0 Å². The maximum absolute atomic E-state index is 12.9. The first-order valence-corrected chi connectivity index (χ1v) is 10.6. The van der Waals surface area contributed by atoms with E-state index in [0.29, 0.717) is 34.1 Å². The number of benzene rings is 1. The Morgan fingerprint density at radius 3 is 2.57 bits per heavy atom. The molecule has 1 aromatic carbocycles. The Balaban J connectivity index is 1.77. The predicted molar refractivity (Wildman–Crippen MR) is 120 cm³/mol. The fourth-order valence-corrected chi connectivity index (χ4v) is 3.86. The van der Waals surface area contributed by atoms with E-state index in [2.05, 4.69) is 20.6 Å². The first kappa shape index (κ1) is 21.6. The number of carbonyl (C=O) groups is 2. The number of hydrogen-bond donors (Lipinski definition) is 3. The van der Waals surface area contributed by atoms with E-state index in [-0.39, 0.29) is 29.0 Å². The molecule has 0 fully saturated rings. The monoisotopic (exact) mass is 427 g/mol. The SMILES string of the molecule is CC(=O)Nc1cccc(NC(=O)CSc2nc3cc(C)[nH]c3c(=O)n2CC(C)C)c1. The Hall–Kier alpha value is -3.07. The van der Waals surface area contributed by atoms with E-state index in [0.717, 1.165) is 5.69 Å². The van der Waals surface area contributed by atoms with E-state index in [1.165, 1.54) is 18.7 Å². The van der Waals surface area contributed by atoms with Crippen molar-refractivity contribution in [2.24, 2.45) is 5.92 Å². The molecule has 0 bridgehead atoms. The van der Waals surface area contributed by atoms with Gasteiger partial charge in [0.25, 0.3) is 5.56 Å². The molecule has 158 valence electrons. The van der Waals surface area contributed by atoms with Crippen LogP contribution >= 0.6 is 11.8 Å². The number of nitrogens with zero attached hydrogens (tertiary/aromatic N) is 2. The molecule has 8 nitrogen and oxygen atoms in total. The molecule has 2 aromatic heterocycles. The molecule has 0 spiro atoms. The van der Waals surface area contributed by atoms with Crippen molar-refractivity contribution in [3.05, 3.63) is 46.4 Å². The van der Waals surface area contributed by atoms with Crippen molar-refractivity contribution in [1.82, 2.24) is 14.5 Å². The van der Waals surface area contributed by atoms with Crippen LogP contribution in [-0.2, 0) is 16.1 Å². The number of amides is 2. The van der Waals surface area contributed by atoms with E-state index in [1.54, 1.807) is 28.8 Å². The number of thioether (sulfide) groups is 1. The third kappa shape index (κ3) is 5.29. The zero-order valence-electron chi connectivity index (χ0n) is 17.4. The number of aromatic amines is 1. The molecule has 0 aliphatic carbocycles. The van der Waals surface area contributed by atoms with Crippen LogP contribution in [0.3, 0.4) is 0 Å². The number of anilines is 2. The lowest BCUT2D eigenvalue weighted by atomic mass is 10.2. The van der Waals surface area contributed by atoms with Crippen LogP contribution in [0.2, 0.25) is 0 Å². The molecule has 0 aliphatic heterocycles. The molecule has 0 unspecified atom stereocenters. The topological polar surface area (TPSA) is 109 Å². The highest BCUT2D eigenvalue weighted by molar-refractivity contribution is 7.99. The molecule has 30 heavy (non-hydrogen) atoms. The van der Waals surface area contributed by atoms with E-state index in [9.17, 15) is 14.4 Å². The van der Waals surface area contributed by atoms with Gasteiger partial charge in [0.05, 0.1) is 11.3 Å². The Bertz CT molecular complexity index is 1150. The summed E-state index contributed by atoms with van der Waals surface area (Å²) in [7, 11) is 0. The fourth-order valence-electron chi connectivity index (χ4n) is 3.05. The van der Waals surface area contributed by atoms with Crippen LogP contribution in [0.1, 0.15) is 26.5 Å². The number of rotatable bonds is 7. The third-order valence-electron chi connectivity index (χ3n) is 4.18. The van der Waals surface area contributed by atoms with Crippen molar-refractivity contribution in [3.63, 3.8) is 0 Å². The van der Waals surface area contributed by atoms with Crippen molar-refractivity contribution in [1.29, 1.82) is 0 Å². The van der Waals surface area contributed by atoms with Crippen LogP contribution in [-0.4, -0.2) is 32.1 Å². The van der Waals surface area contributed by atoms with Gasteiger partial charge in [-0.2, -0.15) is 0 Å². The molecule has 0 saturated carbocycles. The van der Waals surface area contributed by atoms with Gasteiger partial charge in [-0.3, -0.25) is 19.0 Å². The Morgan fingerprint density at radius 1 is 1.20 bits per heavy atom. The van der Waals surface area contributed by atoms with E-state index in [4.69, 9.17) is 0 Å². The third-order valence-corrected chi connectivity index (χ3v) is 5.16. The highest BCUT2D eigenvalue weighted by Crippen LogP contribution is 2.20. The Labute approximate surface area is 178 Å². The van der Waals surface area contributed by atoms with Crippen LogP contribution in [0.15, 0.2) is 40.3 Å². The summed E-state index contributed by atoms with van der Waals surface area (Å²) in [6.45, 7) is 7.87. The van der Waals surface area contributed by atoms with E-state index < -0.39 is 0 Å². The number of aryl methyl sites for hydroxylation is 1. The zero-order chi connectivity index (χ0) is 21.8. The molecular formula is C21H25N5O3S. The summed E-state index contributed by atoms with van der Waals surface area (Å²) in [4.78, 5) is 44.2. The minimum Gasteiger partial charge on any atom is -0.353 e. The number of carbonyl (C=O) groups excluding carboxylic acids is 2. The molecule has 0 radical (unpaired) electrons. The van der Waals surface area contributed by atoms with Gasteiger partial charge < -0.3 is 15.6 Å². The smallest absolute Gasteiger partial charge is 0.278 e. The van der Waals surface area contributed by atoms with Gasteiger partial charge in [-0.25, -0.2) is 4.98 Å². The number of fused-ring (bicyclic) bond motifs is 1. The maximum Gasteiger partial charge on any atom is 0.278 e. The second-order valence-electron chi connectivity index (χ2n) is 7.52. The minimum atomic E-state index is -0.226. The van der Waals surface area contributed by atoms with Crippen LogP contribution in [0.5, 0.6) is 0 Å². The fraction of sp³-hybridized carbons (Fsp3) is 0.333. The van der Waals surface area contributed by atoms with Crippen LogP contribution in [0, 0.1) is 12.8 Å². The maximum atomic E-state index is 12.9. The van der Waals surface area contributed by atoms with Crippen molar-refractivity contribution in [2.75, 3.05) is 16.4 Å². The summed E-state index contributed by atoms with van der Waals surface area (Å²) in [6.07, 6.45) is 0. The van der Waals surface area contributed by atoms with Crippen molar-refractivity contribution in [3.8, 4) is 0 Å². The number of aromatic nitrogens is 3. The molecule has 0 saturated heterocycles. The lowest BCUT2D eigenvalue weighted by molar-refractivity contribution is -0.114. The van der Waals surface area contributed by atoms with Crippen molar-refractivity contribution >= 4 is 46.0 Å². The lowest BCUT2D eigenvalue weighted by Gasteiger charge is -2.14. The highest BCUT2D eigenvalue weighted by atomic mass is 32.2. The molecular weight excluding hydrogens is 402 g/mol. The lowest BCUT2D eigenvalue weighted by Crippen LogP contribution is -2.26. The Kier molecular flexibility index (Phi) is 6.61. The Morgan fingerprint density at radius 2 is 1.90 bits per heavy atom. The molecule has 3 rings (SSSR count). The summed E-state index contributed by atoms with van der Waals surface area (Å²) >= 11 is 1.23.